The summed E-state index contributed by atoms with van der Waals surface area (Å²) in [6, 6.07) is 5.32. The number of esters is 1. The van der Waals surface area contributed by atoms with Gasteiger partial charge in [0, 0.05) is 0 Å². The molecule has 0 aromatic heterocycles. The Morgan fingerprint density at radius 2 is 2.12 bits per heavy atom. The van der Waals surface area contributed by atoms with Crippen molar-refractivity contribution in [3.63, 3.8) is 0 Å². The van der Waals surface area contributed by atoms with Gasteiger partial charge in [-0.1, -0.05) is 17.7 Å². The van der Waals surface area contributed by atoms with Crippen LogP contribution in [0.3, 0.4) is 0 Å². The first kappa shape index (κ1) is 13.8. The molecule has 0 spiro atoms. The molecule has 17 heavy (non-hydrogen) atoms. The smallest absolute Gasteiger partial charge is 0.310 e. The van der Waals surface area contributed by atoms with E-state index in [1.165, 1.54) is 0 Å². The highest BCUT2D eigenvalue weighted by atomic mass is 35.5. The van der Waals surface area contributed by atoms with Crippen LogP contribution in [0.15, 0.2) is 18.2 Å². The van der Waals surface area contributed by atoms with Crippen molar-refractivity contribution in [1.29, 1.82) is 0 Å². The number of rotatable bonds is 5. The van der Waals surface area contributed by atoms with Crippen LogP contribution in [-0.4, -0.2) is 18.7 Å². The fourth-order valence-electron chi connectivity index (χ4n) is 1.40. The topological polar surface area (TPSA) is 35.5 Å². The summed E-state index contributed by atoms with van der Waals surface area (Å²) in [6.45, 7) is 6.10. The highest BCUT2D eigenvalue weighted by molar-refractivity contribution is 6.32. The molecule has 4 heteroatoms. The van der Waals surface area contributed by atoms with Crippen LogP contribution < -0.4 is 4.74 Å². The molecule has 0 amide bonds. The molecule has 0 saturated heterocycles. The second-order valence-corrected chi connectivity index (χ2v) is 4.32. The van der Waals surface area contributed by atoms with Crippen molar-refractivity contribution in [2.75, 3.05) is 6.61 Å². The molecule has 0 heterocycles. The third-order valence-corrected chi connectivity index (χ3v) is 2.31. The molecule has 0 aliphatic rings. The SMILES string of the molecule is CCOc1ccc(CC(=O)OC(C)C)cc1Cl. The molecule has 0 unspecified atom stereocenters. The van der Waals surface area contributed by atoms with Crippen molar-refractivity contribution in [1.82, 2.24) is 0 Å². The monoisotopic (exact) mass is 256 g/mol. The van der Waals surface area contributed by atoms with Gasteiger partial charge in [-0.15, -0.1) is 0 Å². The number of halogens is 1. The molecule has 0 aliphatic carbocycles. The van der Waals surface area contributed by atoms with Crippen molar-refractivity contribution < 1.29 is 14.3 Å². The van der Waals surface area contributed by atoms with E-state index in [2.05, 4.69) is 0 Å². The maximum atomic E-state index is 11.4. The number of hydrogen-bond donors (Lipinski definition) is 0. The van der Waals surface area contributed by atoms with Crippen LogP contribution in [0.25, 0.3) is 0 Å². The lowest BCUT2D eigenvalue weighted by Gasteiger charge is -2.09. The van der Waals surface area contributed by atoms with E-state index in [0.717, 1.165) is 5.56 Å². The fourth-order valence-corrected chi connectivity index (χ4v) is 1.66. The van der Waals surface area contributed by atoms with E-state index < -0.39 is 0 Å². The predicted molar refractivity (Wildman–Crippen MR) is 67.6 cm³/mol. The van der Waals surface area contributed by atoms with Crippen molar-refractivity contribution in [2.45, 2.75) is 33.3 Å². The third kappa shape index (κ3) is 4.65. The van der Waals surface area contributed by atoms with Crippen LogP contribution in [-0.2, 0) is 16.0 Å². The summed E-state index contributed by atoms with van der Waals surface area (Å²) in [6.07, 6.45) is 0.130. The summed E-state index contributed by atoms with van der Waals surface area (Å²) < 4.78 is 10.4. The molecule has 0 aliphatic heterocycles. The van der Waals surface area contributed by atoms with Crippen LogP contribution in [0.1, 0.15) is 26.3 Å². The molecule has 1 aromatic rings. The largest absolute Gasteiger partial charge is 0.492 e. The molecule has 0 radical (unpaired) electrons. The number of carbonyl (C=O) groups is 1. The number of carbonyl (C=O) groups excluding carboxylic acids is 1. The Kier molecular flexibility index (Phi) is 5.29. The molecule has 0 fully saturated rings. The minimum Gasteiger partial charge on any atom is -0.492 e. The Bertz CT molecular complexity index is 388. The first-order valence-corrected chi connectivity index (χ1v) is 6.01. The van der Waals surface area contributed by atoms with Crippen molar-refractivity contribution in [2.24, 2.45) is 0 Å². The van der Waals surface area contributed by atoms with Gasteiger partial charge in [0.25, 0.3) is 0 Å². The van der Waals surface area contributed by atoms with E-state index in [1.54, 1.807) is 12.1 Å². The van der Waals surface area contributed by atoms with Crippen molar-refractivity contribution >= 4 is 17.6 Å². The lowest BCUT2D eigenvalue weighted by Crippen LogP contribution is -2.13. The van der Waals surface area contributed by atoms with Crippen LogP contribution in [0.4, 0.5) is 0 Å². The zero-order valence-electron chi connectivity index (χ0n) is 10.3. The Morgan fingerprint density at radius 1 is 1.41 bits per heavy atom. The van der Waals surface area contributed by atoms with Gasteiger partial charge in [-0.05, 0) is 38.5 Å². The van der Waals surface area contributed by atoms with Crippen molar-refractivity contribution in [3.05, 3.63) is 28.8 Å². The zero-order valence-corrected chi connectivity index (χ0v) is 11.1. The van der Waals surface area contributed by atoms with Gasteiger partial charge in [-0.2, -0.15) is 0 Å². The molecule has 94 valence electrons. The van der Waals surface area contributed by atoms with E-state index in [-0.39, 0.29) is 18.5 Å². The maximum absolute atomic E-state index is 11.4. The Balaban J connectivity index is 2.67. The zero-order chi connectivity index (χ0) is 12.8. The Morgan fingerprint density at radius 3 is 2.65 bits per heavy atom. The van der Waals surface area contributed by atoms with Gasteiger partial charge in [-0.25, -0.2) is 0 Å². The Labute approximate surface area is 107 Å². The summed E-state index contributed by atoms with van der Waals surface area (Å²) in [5, 5.41) is 0.515. The normalized spacial score (nSPS) is 10.4. The quantitative estimate of drug-likeness (QED) is 0.759. The average Bonchev–Trinajstić information content (AvgIpc) is 2.21. The van der Waals surface area contributed by atoms with Gasteiger partial charge in [0.1, 0.15) is 5.75 Å². The molecule has 1 rings (SSSR count). The lowest BCUT2D eigenvalue weighted by molar-refractivity contribution is -0.146. The third-order valence-electron chi connectivity index (χ3n) is 2.01. The molecule has 0 bridgehead atoms. The summed E-state index contributed by atoms with van der Waals surface area (Å²) >= 11 is 6.02. The molecule has 0 atom stereocenters. The number of benzene rings is 1. The van der Waals surface area contributed by atoms with E-state index in [0.29, 0.717) is 17.4 Å². The molecular formula is C13H17ClO3. The second-order valence-electron chi connectivity index (χ2n) is 3.91. The average molecular weight is 257 g/mol. The summed E-state index contributed by atoms with van der Waals surface area (Å²) in [5.41, 5.74) is 0.823. The van der Waals surface area contributed by atoms with E-state index >= 15 is 0 Å². The fraction of sp³-hybridized carbons (Fsp3) is 0.462. The molecule has 1 aromatic carbocycles. The van der Waals surface area contributed by atoms with Gasteiger partial charge in [-0.3, -0.25) is 4.79 Å². The standard InChI is InChI=1S/C13H17ClO3/c1-4-16-12-6-5-10(7-11(12)14)8-13(15)17-9(2)3/h5-7,9H,4,8H2,1-3H3. The van der Waals surface area contributed by atoms with Crippen LogP contribution >= 0.6 is 11.6 Å². The van der Waals surface area contributed by atoms with Gasteiger partial charge in [0.05, 0.1) is 24.2 Å². The van der Waals surface area contributed by atoms with Gasteiger partial charge < -0.3 is 9.47 Å². The summed E-state index contributed by atoms with van der Waals surface area (Å²) in [5.74, 6) is 0.385. The van der Waals surface area contributed by atoms with E-state index in [4.69, 9.17) is 21.1 Å². The summed E-state index contributed by atoms with van der Waals surface area (Å²) in [7, 11) is 0. The molecular weight excluding hydrogens is 240 g/mol. The molecule has 0 N–H and O–H groups in total. The second kappa shape index (κ2) is 6.50. The van der Waals surface area contributed by atoms with Crippen LogP contribution in [0.2, 0.25) is 5.02 Å². The minimum atomic E-state index is -0.250. The van der Waals surface area contributed by atoms with Gasteiger partial charge in [0.2, 0.25) is 0 Å². The minimum absolute atomic E-state index is 0.0966. The van der Waals surface area contributed by atoms with Crippen LogP contribution in [0, 0.1) is 0 Å². The predicted octanol–water partition coefficient (Wildman–Crippen LogP) is 3.23. The van der Waals surface area contributed by atoms with E-state index in [9.17, 15) is 4.79 Å². The Hall–Kier alpha value is -1.22. The first-order valence-electron chi connectivity index (χ1n) is 5.63. The number of ether oxygens (including phenoxy) is 2. The molecule has 0 saturated carbocycles. The number of hydrogen-bond acceptors (Lipinski definition) is 3. The van der Waals surface area contributed by atoms with Crippen LogP contribution in [0.5, 0.6) is 5.75 Å². The van der Waals surface area contributed by atoms with E-state index in [1.807, 2.05) is 26.8 Å². The highest BCUT2D eigenvalue weighted by Gasteiger charge is 2.09. The molecule has 3 nitrogen and oxygen atoms in total. The van der Waals surface area contributed by atoms with Gasteiger partial charge in [0.15, 0.2) is 0 Å². The maximum Gasteiger partial charge on any atom is 0.310 e. The first-order chi connectivity index (χ1) is 8.02. The highest BCUT2D eigenvalue weighted by Crippen LogP contribution is 2.25. The lowest BCUT2D eigenvalue weighted by atomic mass is 10.1. The van der Waals surface area contributed by atoms with Gasteiger partial charge >= 0.3 is 5.97 Å². The summed E-state index contributed by atoms with van der Waals surface area (Å²) in [4.78, 5) is 11.4. The van der Waals surface area contributed by atoms with Crippen molar-refractivity contribution in [3.8, 4) is 5.75 Å².